The number of carbonyl (C=O) groups is 1. The summed E-state index contributed by atoms with van der Waals surface area (Å²) in [5, 5.41) is 4.67. The van der Waals surface area contributed by atoms with Gasteiger partial charge in [0.25, 0.3) is 0 Å². The first kappa shape index (κ1) is 16.3. The number of hydrogen-bond acceptors (Lipinski definition) is 2. The highest BCUT2D eigenvalue weighted by Gasteiger charge is 2.20. The smallest absolute Gasteiger partial charge is 0.141 e. The van der Waals surface area contributed by atoms with Crippen LogP contribution in [0.3, 0.4) is 0 Å². The summed E-state index contributed by atoms with van der Waals surface area (Å²) in [6.45, 7) is 4.32. The number of Topliss-reactive ketones (excluding diaryl/α,β-unsaturated/α-hetero) is 1. The van der Waals surface area contributed by atoms with Crippen LogP contribution >= 0.6 is 0 Å². The second kappa shape index (κ2) is 8.35. The van der Waals surface area contributed by atoms with E-state index in [0.717, 1.165) is 31.4 Å². The van der Waals surface area contributed by atoms with E-state index < -0.39 is 0 Å². The summed E-state index contributed by atoms with van der Waals surface area (Å²) in [6.07, 6.45) is 13.3. The van der Waals surface area contributed by atoms with Gasteiger partial charge in [0.2, 0.25) is 0 Å². The van der Waals surface area contributed by atoms with Crippen molar-refractivity contribution in [2.45, 2.75) is 84.1 Å². The minimum absolute atomic E-state index is 0.236. The maximum atomic E-state index is 12.4. The van der Waals surface area contributed by atoms with Crippen molar-refractivity contribution < 1.29 is 4.79 Å². The van der Waals surface area contributed by atoms with Crippen molar-refractivity contribution in [1.29, 1.82) is 0 Å². The van der Waals surface area contributed by atoms with Gasteiger partial charge in [-0.15, -0.1) is 0 Å². The van der Waals surface area contributed by atoms with Gasteiger partial charge in [-0.25, -0.2) is 0 Å². The van der Waals surface area contributed by atoms with E-state index in [-0.39, 0.29) is 5.92 Å². The SMILES string of the molecule is CCCC(CCC)C(=O)Cc1ccn(C2CCCCC2)n1. The molecule has 1 aromatic rings. The first-order chi connectivity index (χ1) is 10.2. The average molecular weight is 290 g/mol. The average Bonchev–Trinajstić information content (AvgIpc) is 2.96. The van der Waals surface area contributed by atoms with Crippen LogP contribution in [0.2, 0.25) is 0 Å². The van der Waals surface area contributed by atoms with E-state index in [0.29, 0.717) is 18.2 Å². The fourth-order valence-corrected chi connectivity index (χ4v) is 3.51. The van der Waals surface area contributed by atoms with Crippen molar-refractivity contribution in [2.24, 2.45) is 5.92 Å². The van der Waals surface area contributed by atoms with E-state index in [1.807, 2.05) is 6.07 Å². The van der Waals surface area contributed by atoms with Crippen LogP contribution in [0.15, 0.2) is 12.3 Å². The Labute approximate surface area is 129 Å². The molecule has 0 N–H and O–H groups in total. The number of ketones is 1. The molecular formula is C18H30N2O. The molecule has 1 aromatic heterocycles. The molecule has 3 nitrogen and oxygen atoms in total. The number of rotatable bonds is 8. The molecule has 2 rings (SSSR count). The fourth-order valence-electron chi connectivity index (χ4n) is 3.51. The Morgan fingerprint density at radius 1 is 1.24 bits per heavy atom. The van der Waals surface area contributed by atoms with Gasteiger partial charge >= 0.3 is 0 Å². The van der Waals surface area contributed by atoms with E-state index >= 15 is 0 Å². The summed E-state index contributed by atoms with van der Waals surface area (Å²) >= 11 is 0. The van der Waals surface area contributed by atoms with Gasteiger partial charge in [0.1, 0.15) is 5.78 Å². The Morgan fingerprint density at radius 3 is 2.52 bits per heavy atom. The highest BCUT2D eigenvalue weighted by atomic mass is 16.1. The van der Waals surface area contributed by atoms with Gasteiger partial charge in [-0.05, 0) is 31.7 Å². The molecule has 0 aromatic carbocycles. The largest absolute Gasteiger partial charge is 0.299 e. The lowest BCUT2D eigenvalue weighted by molar-refractivity contribution is -0.122. The lowest BCUT2D eigenvalue weighted by atomic mass is 9.91. The first-order valence-corrected chi connectivity index (χ1v) is 8.81. The maximum Gasteiger partial charge on any atom is 0.141 e. The van der Waals surface area contributed by atoms with E-state index in [9.17, 15) is 4.79 Å². The Hall–Kier alpha value is -1.12. The summed E-state index contributed by atoms with van der Waals surface area (Å²) in [5.74, 6) is 0.618. The van der Waals surface area contributed by atoms with Crippen LogP contribution in [0.5, 0.6) is 0 Å². The summed E-state index contributed by atoms with van der Waals surface area (Å²) in [7, 11) is 0. The molecular weight excluding hydrogens is 260 g/mol. The van der Waals surface area contributed by atoms with Crippen molar-refractivity contribution in [2.75, 3.05) is 0 Å². The van der Waals surface area contributed by atoms with Gasteiger partial charge in [0.05, 0.1) is 18.2 Å². The van der Waals surface area contributed by atoms with E-state index in [2.05, 4.69) is 29.8 Å². The van der Waals surface area contributed by atoms with Gasteiger partial charge in [-0.1, -0.05) is 46.0 Å². The molecule has 0 amide bonds. The van der Waals surface area contributed by atoms with Gasteiger partial charge < -0.3 is 0 Å². The monoisotopic (exact) mass is 290 g/mol. The van der Waals surface area contributed by atoms with Crippen LogP contribution in [-0.4, -0.2) is 15.6 Å². The summed E-state index contributed by atoms with van der Waals surface area (Å²) < 4.78 is 2.11. The van der Waals surface area contributed by atoms with Crippen LogP contribution < -0.4 is 0 Å². The van der Waals surface area contributed by atoms with E-state index in [1.54, 1.807) is 0 Å². The molecule has 0 aliphatic heterocycles. The molecule has 1 heterocycles. The van der Waals surface area contributed by atoms with Crippen molar-refractivity contribution in [1.82, 2.24) is 9.78 Å². The Kier molecular flexibility index (Phi) is 6.47. The minimum Gasteiger partial charge on any atom is -0.299 e. The van der Waals surface area contributed by atoms with Gasteiger partial charge in [-0.3, -0.25) is 9.48 Å². The molecule has 0 atom stereocenters. The molecule has 0 unspecified atom stereocenters. The second-order valence-corrected chi connectivity index (χ2v) is 6.50. The zero-order chi connectivity index (χ0) is 15.1. The van der Waals surface area contributed by atoms with Crippen molar-refractivity contribution in [3.8, 4) is 0 Å². The molecule has 1 fully saturated rings. The predicted molar refractivity (Wildman–Crippen MR) is 86.4 cm³/mol. The highest BCUT2D eigenvalue weighted by Crippen LogP contribution is 2.27. The van der Waals surface area contributed by atoms with Gasteiger partial charge in [0, 0.05) is 12.1 Å². The summed E-state index contributed by atoms with van der Waals surface area (Å²) in [6, 6.07) is 2.60. The molecule has 1 aliphatic rings. The standard InChI is InChI=1S/C18H30N2O/c1-3-8-15(9-4-2)18(21)14-16-12-13-20(19-16)17-10-6-5-7-11-17/h12-13,15,17H,3-11,14H2,1-2H3. The van der Waals surface area contributed by atoms with Crippen molar-refractivity contribution >= 4 is 5.78 Å². The molecule has 0 saturated heterocycles. The zero-order valence-corrected chi connectivity index (χ0v) is 13.7. The molecule has 1 aliphatic carbocycles. The van der Waals surface area contributed by atoms with E-state index in [1.165, 1.54) is 32.1 Å². The molecule has 1 saturated carbocycles. The highest BCUT2D eigenvalue weighted by molar-refractivity contribution is 5.82. The number of aromatic nitrogens is 2. The van der Waals surface area contributed by atoms with Crippen LogP contribution in [0.25, 0.3) is 0 Å². The van der Waals surface area contributed by atoms with Crippen LogP contribution in [0.4, 0.5) is 0 Å². The summed E-state index contributed by atoms with van der Waals surface area (Å²) in [4.78, 5) is 12.4. The van der Waals surface area contributed by atoms with Gasteiger partial charge in [-0.2, -0.15) is 5.10 Å². The Morgan fingerprint density at radius 2 is 1.90 bits per heavy atom. The normalized spacial score (nSPS) is 16.5. The van der Waals surface area contributed by atoms with Crippen molar-refractivity contribution in [3.63, 3.8) is 0 Å². The lowest BCUT2D eigenvalue weighted by Crippen LogP contribution is -2.18. The Bertz CT molecular complexity index is 426. The quantitative estimate of drug-likeness (QED) is 0.694. The predicted octanol–water partition coefficient (Wildman–Crippen LogP) is 4.72. The van der Waals surface area contributed by atoms with Gasteiger partial charge in [0.15, 0.2) is 0 Å². The van der Waals surface area contributed by atoms with Crippen LogP contribution in [0.1, 0.15) is 83.4 Å². The maximum absolute atomic E-state index is 12.4. The fraction of sp³-hybridized carbons (Fsp3) is 0.778. The third-order valence-electron chi connectivity index (χ3n) is 4.70. The van der Waals surface area contributed by atoms with E-state index in [4.69, 9.17) is 0 Å². The molecule has 118 valence electrons. The third kappa shape index (κ3) is 4.69. The molecule has 0 radical (unpaired) electrons. The summed E-state index contributed by atoms with van der Waals surface area (Å²) in [5.41, 5.74) is 0.961. The lowest BCUT2D eigenvalue weighted by Gasteiger charge is -2.21. The van der Waals surface area contributed by atoms with Crippen LogP contribution in [0, 0.1) is 5.92 Å². The Balaban J connectivity index is 1.92. The number of hydrogen-bond donors (Lipinski definition) is 0. The molecule has 0 spiro atoms. The molecule has 3 heteroatoms. The first-order valence-electron chi connectivity index (χ1n) is 8.81. The molecule has 21 heavy (non-hydrogen) atoms. The van der Waals surface area contributed by atoms with Crippen molar-refractivity contribution in [3.05, 3.63) is 18.0 Å². The number of carbonyl (C=O) groups excluding carboxylic acids is 1. The third-order valence-corrected chi connectivity index (χ3v) is 4.70. The molecule has 0 bridgehead atoms. The minimum atomic E-state index is 0.236. The zero-order valence-electron chi connectivity index (χ0n) is 13.7. The topological polar surface area (TPSA) is 34.9 Å². The number of nitrogens with zero attached hydrogens (tertiary/aromatic N) is 2. The van der Waals surface area contributed by atoms with Crippen LogP contribution in [-0.2, 0) is 11.2 Å². The second-order valence-electron chi connectivity index (χ2n) is 6.50.